The molecule has 1 N–H and O–H groups in total. The van der Waals surface area contributed by atoms with Crippen molar-refractivity contribution in [3.63, 3.8) is 0 Å². The molecule has 0 unspecified atom stereocenters. The summed E-state index contributed by atoms with van der Waals surface area (Å²) in [5, 5.41) is 6.94. The number of hydrogen-bond acceptors (Lipinski definition) is 5. The van der Waals surface area contributed by atoms with Crippen molar-refractivity contribution in [3.8, 4) is 22.4 Å². The molecule has 0 bridgehead atoms. The van der Waals surface area contributed by atoms with Crippen LogP contribution in [0.15, 0.2) is 180 Å². The predicted molar refractivity (Wildman–Crippen MR) is 204 cm³/mol. The smallest absolute Gasteiger partial charge is 0.225 e. The van der Waals surface area contributed by atoms with E-state index in [2.05, 4.69) is 142 Å². The minimum atomic E-state index is -0.585. The third-order valence-electron chi connectivity index (χ3n) is 9.64. The number of fused-ring (bicyclic) bond motifs is 8. The van der Waals surface area contributed by atoms with Crippen molar-refractivity contribution in [1.82, 2.24) is 14.9 Å². The molecule has 0 amide bonds. The molecule has 4 heterocycles. The zero-order valence-corrected chi connectivity index (χ0v) is 27.0. The van der Waals surface area contributed by atoms with Crippen molar-refractivity contribution in [2.24, 2.45) is 9.98 Å². The van der Waals surface area contributed by atoms with E-state index in [1.165, 1.54) is 0 Å². The summed E-state index contributed by atoms with van der Waals surface area (Å²) in [6.45, 7) is 0. The largest absolute Gasteiger partial charge is 0.324 e. The van der Waals surface area contributed by atoms with E-state index in [0.29, 0.717) is 0 Å². The molecule has 0 radical (unpaired) electrons. The number of nitrogens with one attached hydrogen (secondary N) is 1. The van der Waals surface area contributed by atoms with Crippen molar-refractivity contribution >= 4 is 50.5 Å². The number of hydrogen-bond donors (Lipinski definition) is 1. The Labute approximate surface area is 289 Å². The van der Waals surface area contributed by atoms with E-state index in [9.17, 15) is 0 Å². The molecule has 2 aliphatic rings. The van der Waals surface area contributed by atoms with Crippen LogP contribution in [0.4, 0.5) is 17.2 Å². The number of benzene rings is 6. The standard InChI is InChI=1S/C44H30N6/c1-3-16-30(17-4-1)41-46-42(31-18-5-2-6-19-31)48-44(47-41)50-37-25-13-10-22-34(37)39-33-21-9-12-24-36(33)49(38-26-14-11-23-35(38)40(39)50)43-32-20-8-7-15-29(32)27-28-45-43/h1-28,44H,(H,46,47,48). The van der Waals surface area contributed by atoms with Crippen LogP contribution < -0.4 is 10.2 Å². The van der Waals surface area contributed by atoms with Gasteiger partial charge in [0.05, 0.1) is 22.6 Å². The molecule has 2 aliphatic heterocycles. The summed E-state index contributed by atoms with van der Waals surface area (Å²) in [6, 6.07) is 57.1. The Morgan fingerprint density at radius 3 is 1.78 bits per heavy atom. The van der Waals surface area contributed by atoms with Gasteiger partial charge in [0.1, 0.15) is 17.5 Å². The zero-order valence-electron chi connectivity index (χ0n) is 27.0. The molecule has 0 aliphatic carbocycles. The molecule has 50 heavy (non-hydrogen) atoms. The van der Waals surface area contributed by atoms with E-state index in [1.54, 1.807) is 0 Å². The van der Waals surface area contributed by atoms with Crippen LogP contribution >= 0.6 is 0 Å². The van der Waals surface area contributed by atoms with E-state index >= 15 is 0 Å². The van der Waals surface area contributed by atoms with Gasteiger partial charge in [-0.3, -0.25) is 9.47 Å². The molecule has 0 saturated heterocycles. The normalized spacial score (nSPS) is 13.9. The number of aliphatic imine (C=N–C) groups is 2. The summed E-state index contributed by atoms with van der Waals surface area (Å²) in [5.41, 5.74) is 9.60. The Balaban J connectivity index is 1.30. The lowest BCUT2D eigenvalue weighted by atomic mass is 9.98. The summed E-state index contributed by atoms with van der Waals surface area (Å²) in [5.74, 6) is 2.44. The molecule has 8 aromatic rings. The first kappa shape index (κ1) is 28.2. The second-order valence-corrected chi connectivity index (χ2v) is 12.5. The molecular formula is C44H30N6. The van der Waals surface area contributed by atoms with Crippen molar-refractivity contribution in [1.29, 1.82) is 0 Å². The number of pyridine rings is 1. The molecule has 6 heteroatoms. The van der Waals surface area contributed by atoms with E-state index < -0.39 is 6.29 Å². The van der Waals surface area contributed by atoms with Gasteiger partial charge in [-0.15, -0.1) is 0 Å². The molecule has 0 fully saturated rings. The first-order valence-corrected chi connectivity index (χ1v) is 16.8. The van der Waals surface area contributed by atoms with Crippen LogP contribution in [0.2, 0.25) is 0 Å². The van der Waals surface area contributed by atoms with Gasteiger partial charge in [0.25, 0.3) is 0 Å². The first-order valence-electron chi connectivity index (χ1n) is 16.8. The zero-order chi connectivity index (χ0) is 33.0. The Bertz CT molecular complexity index is 2580. The predicted octanol–water partition coefficient (Wildman–Crippen LogP) is 10.3. The van der Waals surface area contributed by atoms with E-state index in [4.69, 9.17) is 15.0 Å². The van der Waals surface area contributed by atoms with Crippen LogP contribution in [0, 0.1) is 0 Å². The van der Waals surface area contributed by atoms with Crippen LogP contribution in [-0.2, 0) is 0 Å². The Hall–Kier alpha value is -6.79. The lowest BCUT2D eigenvalue weighted by Gasteiger charge is -2.28. The van der Waals surface area contributed by atoms with Gasteiger partial charge in [-0.25, -0.2) is 15.0 Å². The van der Waals surface area contributed by atoms with Gasteiger partial charge in [-0.2, -0.15) is 0 Å². The number of rotatable bonds is 4. The fourth-order valence-electron chi connectivity index (χ4n) is 7.47. The van der Waals surface area contributed by atoms with Gasteiger partial charge in [-0.05, 0) is 29.7 Å². The highest BCUT2D eigenvalue weighted by atomic mass is 15.3. The maximum absolute atomic E-state index is 5.36. The second-order valence-electron chi connectivity index (χ2n) is 12.5. The fourth-order valence-corrected chi connectivity index (χ4v) is 7.47. The highest BCUT2D eigenvalue weighted by Gasteiger charge is 2.34. The lowest BCUT2D eigenvalue weighted by Crippen LogP contribution is -2.37. The van der Waals surface area contributed by atoms with Crippen molar-refractivity contribution in [2.75, 3.05) is 4.90 Å². The Morgan fingerprint density at radius 1 is 0.500 bits per heavy atom. The molecule has 236 valence electrons. The third kappa shape index (κ3) is 4.39. The average molecular weight is 643 g/mol. The topological polar surface area (TPSA) is 57.8 Å². The molecule has 0 atom stereocenters. The van der Waals surface area contributed by atoms with Gasteiger partial charge in [0, 0.05) is 44.8 Å². The number of aromatic nitrogens is 2. The highest BCUT2D eigenvalue weighted by molar-refractivity contribution is 6.17. The summed E-state index contributed by atoms with van der Waals surface area (Å²) in [7, 11) is 0. The van der Waals surface area contributed by atoms with Crippen LogP contribution in [-0.4, -0.2) is 21.2 Å². The van der Waals surface area contributed by atoms with Crippen LogP contribution in [0.25, 0.3) is 44.1 Å². The number of amidine groups is 2. The van der Waals surface area contributed by atoms with Gasteiger partial charge in [0.15, 0.2) is 0 Å². The average Bonchev–Trinajstić information content (AvgIpc) is 3.48. The van der Waals surface area contributed by atoms with Crippen LogP contribution in [0.3, 0.4) is 0 Å². The van der Waals surface area contributed by atoms with E-state index in [0.717, 1.165) is 84.1 Å². The lowest BCUT2D eigenvalue weighted by molar-refractivity contribution is 0.565. The molecule has 0 spiro atoms. The molecule has 10 rings (SSSR count). The third-order valence-corrected chi connectivity index (χ3v) is 9.64. The molecular weight excluding hydrogens is 613 g/mol. The molecule has 0 saturated carbocycles. The maximum Gasteiger partial charge on any atom is 0.225 e. The van der Waals surface area contributed by atoms with Gasteiger partial charge in [-0.1, -0.05) is 140 Å². The SMILES string of the molecule is c1ccc(C2=NC(n3c4c(c5ccccc53)-c3ccccc3N(c3nccc5ccccc35)c3ccccc3-4)N=C(c3ccccc3)N2)cc1. The maximum atomic E-state index is 5.36. The Kier molecular flexibility index (Phi) is 6.45. The summed E-state index contributed by atoms with van der Waals surface area (Å²) < 4.78 is 2.33. The van der Waals surface area contributed by atoms with Crippen LogP contribution in [0.1, 0.15) is 17.4 Å². The minimum Gasteiger partial charge on any atom is -0.324 e. The van der Waals surface area contributed by atoms with Gasteiger partial charge < -0.3 is 5.32 Å². The first-order chi connectivity index (χ1) is 24.8. The van der Waals surface area contributed by atoms with Crippen molar-refractivity contribution in [2.45, 2.75) is 6.29 Å². The molecule has 2 aromatic heterocycles. The second kappa shape index (κ2) is 11.4. The summed E-state index contributed by atoms with van der Waals surface area (Å²) in [4.78, 5) is 18.1. The monoisotopic (exact) mass is 642 g/mol. The van der Waals surface area contributed by atoms with Gasteiger partial charge in [0.2, 0.25) is 6.29 Å². The number of anilines is 3. The minimum absolute atomic E-state index is 0.585. The van der Waals surface area contributed by atoms with E-state index in [1.807, 2.05) is 42.6 Å². The fraction of sp³-hybridized carbons (Fsp3) is 0.0227. The quantitative estimate of drug-likeness (QED) is 0.208. The van der Waals surface area contributed by atoms with Crippen molar-refractivity contribution in [3.05, 3.63) is 181 Å². The molecule has 6 nitrogen and oxygen atoms in total. The number of nitrogens with zero attached hydrogens (tertiary/aromatic N) is 5. The van der Waals surface area contributed by atoms with Gasteiger partial charge >= 0.3 is 0 Å². The highest BCUT2D eigenvalue weighted by Crippen LogP contribution is 2.54. The van der Waals surface area contributed by atoms with Crippen molar-refractivity contribution < 1.29 is 0 Å². The summed E-state index contributed by atoms with van der Waals surface area (Å²) in [6.07, 6.45) is 1.32. The van der Waals surface area contributed by atoms with Crippen LogP contribution in [0.5, 0.6) is 0 Å². The van der Waals surface area contributed by atoms with E-state index in [-0.39, 0.29) is 0 Å². The Morgan fingerprint density at radius 2 is 1.06 bits per heavy atom. The summed E-state index contributed by atoms with van der Waals surface area (Å²) >= 11 is 0. The molecule has 6 aromatic carbocycles. The number of para-hydroxylation sites is 3.